The standard InChI is InChI=1S/C10H15N3S/c1-7-6-8(13(2)3)4-5-9(7)12-10(11)14/h4-6H,1-3H3,(H3,11,12,14). The van der Waals surface area contributed by atoms with Gasteiger partial charge in [0.25, 0.3) is 0 Å². The maximum atomic E-state index is 5.40. The molecule has 0 aliphatic heterocycles. The summed E-state index contributed by atoms with van der Waals surface area (Å²) in [5, 5.41) is 3.23. The van der Waals surface area contributed by atoms with Crippen LogP contribution in [-0.2, 0) is 0 Å². The van der Waals surface area contributed by atoms with Crippen molar-refractivity contribution in [2.75, 3.05) is 24.3 Å². The van der Waals surface area contributed by atoms with E-state index in [1.165, 1.54) is 0 Å². The number of nitrogens with zero attached hydrogens (tertiary/aromatic N) is 1. The van der Waals surface area contributed by atoms with Gasteiger partial charge in [-0.25, -0.2) is 0 Å². The number of thiocarbonyl (C=S) groups is 1. The lowest BCUT2D eigenvalue weighted by Gasteiger charge is -2.15. The molecule has 0 aliphatic carbocycles. The third kappa shape index (κ3) is 2.60. The predicted molar refractivity (Wildman–Crippen MR) is 65.9 cm³/mol. The van der Waals surface area contributed by atoms with Gasteiger partial charge in [-0.15, -0.1) is 0 Å². The first kappa shape index (κ1) is 10.8. The van der Waals surface area contributed by atoms with Crippen LogP contribution in [0, 0.1) is 6.92 Å². The molecule has 4 heteroatoms. The Morgan fingerprint density at radius 1 is 1.43 bits per heavy atom. The van der Waals surface area contributed by atoms with Crippen molar-refractivity contribution < 1.29 is 0 Å². The minimum atomic E-state index is 0.297. The minimum Gasteiger partial charge on any atom is -0.378 e. The molecular formula is C10H15N3S. The summed E-state index contributed by atoms with van der Waals surface area (Å²) in [6.45, 7) is 2.02. The van der Waals surface area contributed by atoms with E-state index >= 15 is 0 Å². The van der Waals surface area contributed by atoms with Gasteiger partial charge < -0.3 is 16.0 Å². The zero-order chi connectivity index (χ0) is 10.7. The van der Waals surface area contributed by atoms with Crippen LogP contribution in [0.25, 0.3) is 0 Å². The van der Waals surface area contributed by atoms with Crippen LogP contribution in [0.2, 0.25) is 0 Å². The van der Waals surface area contributed by atoms with Gasteiger partial charge in [0.15, 0.2) is 5.11 Å². The first-order chi connectivity index (χ1) is 6.50. The van der Waals surface area contributed by atoms with Crippen molar-refractivity contribution in [1.29, 1.82) is 0 Å². The molecule has 0 fully saturated rings. The van der Waals surface area contributed by atoms with E-state index in [2.05, 4.69) is 16.3 Å². The molecule has 1 rings (SSSR count). The molecular weight excluding hydrogens is 194 g/mol. The topological polar surface area (TPSA) is 41.3 Å². The van der Waals surface area contributed by atoms with E-state index in [9.17, 15) is 0 Å². The monoisotopic (exact) mass is 209 g/mol. The molecule has 3 nitrogen and oxygen atoms in total. The average molecular weight is 209 g/mol. The summed E-state index contributed by atoms with van der Waals surface area (Å²) < 4.78 is 0. The van der Waals surface area contributed by atoms with E-state index < -0.39 is 0 Å². The van der Waals surface area contributed by atoms with Gasteiger partial charge in [-0.05, 0) is 42.9 Å². The number of aryl methyl sites for hydroxylation is 1. The lowest BCUT2D eigenvalue weighted by molar-refractivity contribution is 1.13. The lowest BCUT2D eigenvalue weighted by Crippen LogP contribution is -2.19. The van der Waals surface area contributed by atoms with Gasteiger partial charge in [0.05, 0.1) is 0 Å². The summed E-state index contributed by atoms with van der Waals surface area (Å²) >= 11 is 4.78. The fourth-order valence-electron chi connectivity index (χ4n) is 1.20. The highest BCUT2D eigenvalue weighted by molar-refractivity contribution is 7.80. The quantitative estimate of drug-likeness (QED) is 0.728. The molecule has 0 saturated heterocycles. The Labute approximate surface area is 89.9 Å². The zero-order valence-corrected chi connectivity index (χ0v) is 9.48. The predicted octanol–water partition coefficient (Wildman–Crippen LogP) is 1.72. The van der Waals surface area contributed by atoms with Crippen LogP contribution >= 0.6 is 12.2 Å². The molecule has 0 aliphatic rings. The van der Waals surface area contributed by atoms with Gasteiger partial charge >= 0.3 is 0 Å². The van der Waals surface area contributed by atoms with Crippen LogP contribution in [0.5, 0.6) is 0 Å². The van der Waals surface area contributed by atoms with Crippen molar-refractivity contribution in [2.24, 2.45) is 5.73 Å². The lowest BCUT2D eigenvalue weighted by atomic mass is 10.1. The molecule has 1 aromatic rings. The summed E-state index contributed by atoms with van der Waals surface area (Å²) in [6, 6.07) is 6.08. The van der Waals surface area contributed by atoms with E-state index in [4.69, 9.17) is 18.0 Å². The Morgan fingerprint density at radius 3 is 2.50 bits per heavy atom. The second-order valence-corrected chi connectivity index (χ2v) is 3.82. The molecule has 0 unspecified atom stereocenters. The smallest absolute Gasteiger partial charge is 0.168 e. The van der Waals surface area contributed by atoms with E-state index in [0.717, 1.165) is 16.9 Å². The maximum absolute atomic E-state index is 5.40. The van der Waals surface area contributed by atoms with E-state index in [0.29, 0.717) is 5.11 Å². The molecule has 76 valence electrons. The van der Waals surface area contributed by atoms with Gasteiger partial charge in [0.1, 0.15) is 0 Å². The Morgan fingerprint density at radius 2 is 2.07 bits per heavy atom. The first-order valence-corrected chi connectivity index (χ1v) is 4.76. The van der Waals surface area contributed by atoms with E-state index in [1.54, 1.807) is 0 Å². The molecule has 0 spiro atoms. The van der Waals surface area contributed by atoms with Crippen molar-refractivity contribution >= 4 is 28.7 Å². The van der Waals surface area contributed by atoms with Gasteiger partial charge in [-0.3, -0.25) is 0 Å². The van der Waals surface area contributed by atoms with Crippen molar-refractivity contribution in [1.82, 2.24) is 0 Å². The number of benzene rings is 1. The second kappa shape index (κ2) is 4.28. The highest BCUT2D eigenvalue weighted by atomic mass is 32.1. The van der Waals surface area contributed by atoms with Crippen LogP contribution < -0.4 is 16.0 Å². The summed E-state index contributed by atoms with van der Waals surface area (Å²) in [6.07, 6.45) is 0. The second-order valence-electron chi connectivity index (χ2n) is 3.38. The SMILES string of the molecule is Cc1cc(N(C)C)ccc1NC(N)=S. The van der Waals surface area contributed by atoms with Crippen molar-refractivity contribution in [2.45, 2.75) is 6.92 Å². The summed E-state index contributed by atoms with van der Waals surface area (Å²) in [5.41, 5.74) is 8.65. The first-order valence-electron chi connectivity index (χ1n) is 4.35. The minimum absolute atomic E-state index is 0.297. The third-order valence-corrected chi connectivity index (χ3v) is 2.09. The number of nitrogens with two attached hydrogens (primary N) is 1. The molecule has 0 heterocycles. The van der Waals surface area contributed by atoms with Crippen LogP contribution in [0.3, 0.4) is 0 Å². The summed E-state index contributed by atoms with van der Waals surface area (Å²) in [4.78, 5) is 2.05. The number of hydrogen-bond donors (Lipinski definition) is 2. The van der Waals surface area contributed by atoms with Crippen LogP contribution in [0.1, 0.15) is 5.56 Å². The van der Waals surface area contributed by atoms with Crippen molar-refractivity contribution in [3.05, 3.63) is 23.8 Å². The fourth-order valence-corrected chi connectivity index (χ4v) is 1.31. The normalized spacial score (nSPS) is 9.64. The average Bonchev–Trinajstić information content (AvgIpc) is 2.07. The molecule has 1 aromatic carbocycles. The van der Waals surface area contributed by atoms with Gasteiger partial charge in [0, 0.05) is 25.5 Å². The number of nitrogens with one attached hydrogen (secondary N) is 1. The molecule has 0 amide bonds. The van der Waals surface area contributed by atoms with Crippen molar-refractivity contribution in [3.8, 4) is 0 Å². The third-order valence-electron chi connectivity index (χ3n) is 1.98. The van der Waals surface area contributed by atoms with Gasteiger partial charge in [-0.2, -0.15) is 0 Å². The Hall–Kier alpha value is -1.29. The Balaban J connectivity index is 2.95. The fraction of sp³-hybridized carbons (Fsp3) is 0.300. The van der Waals surface area contributed by atoms with Crippen LogP contribution in [0.4, 0.5) is 11.4 Å². The number of anilines is 2. The van der Waals surface area contributed by atoms with E-state index in [1.807, 2.05) is 33.2 Å². The molecule has 0 saturated carbocycles. The molecule has 3 N–H and O–H groups in total. The van der Waals surface area contributed by atoms with E-state index in [-0.39, 0.29) is 0 Å². The molecule has 14 heavy (non-hydrogen) atoms. The maximum Gasteiger partial charge on any atom is 0.168 e. The number of rotatable bonds is 2. The number of hydrogen-bond acceptors (Lipinski definition) is 2. The molecule has 0 aromatic heterocycles. The van der Waals surface area contributed by atoms with Crippen LogP contribution in [-0.4, -0.2) is 19.2 Å². The van der Waals surface area contributed by atoms with Gasteiger partial charge in [0.2, 0.25) is 0 Å². The van der Waals surface area contributed by atoms with Gasteiger partial charge in [-0.1, -0.05) is 0 Å². The highest BCUT2D eigenvalue weighted by Gasteiger charge is 2.01. The Kier molecular flexibility index (Phi) is 3.30. The summed E-state index contributed by atoms with van der Waals surface area (Å²) in [5.74, 6) is 0. The molecule has 0 bridgehead atoms. The molecule has 0 radical (unpaired) electrons. The molecule has 0 atom stereocenters. The van der Waals surface area contributed by atoms with Crippen LogP contribution in [0.15, 0.2) is 18.2 Å². The zero-order valence-electron chi connectivity index (χ0n) is 8.66. The Bertz CT molecular complexity index is 347. The largest absolute Gasteiger partial charge is 0.378 e. The van der Waals surface area contributed by atoms with Crippen molar-refractivity contribution in [3.63, 3.8) is 0 Å². The summed E-state index contributed by atoms with van der Waals surface area (Å²) in [7, 11) is 4.02. The highest BCUT2D eigenvalue weighted by Crippen LogP contribution is 2.20.